The number of nitrogens with one attached hydrogen (secondary N) is 1. The average Bonchev–Trinajstić information content (AvgIpc) is 2.90. The van der Waals surface area contributed by atoms with Gasteiger partial charge in [-0.05, 0) is 31.5 Å². The van der Waals surface area contributed by atoms with E-state index in [9.17, 15) is 13.2 Å². The molecule has 0 spiro atoms. The Morgan fingerprint density at radius 1 is 1.42 bits per heavy atom. The van der Waals surface area contributed by atoms with Crippen LogP contribution >= 0.6 is 22.9 Å². The number of aryl methyl sites for hydroxylation is 2. The highest BCUT2D eigenvalue weighted by Gasteiger charge is 2.13. The fourth-order valence-electron chi connectivity index (χ4n) is 2.25. The predicted octanol–water partition coefficient (Wildman–Crippen LogP) is 2.20. The van der Waals surface area contributed by atoms with E-state index in [1.807, 2.05) is 17.7 Å². The van der Waals surface area contributed by atoms with Crippen molar-refractivity contribution in [1.29, 1.82) is 0 Å². The van der Waals surface area contributed by atoms with E-state index in [-0.39, 0.29) is 5.56 Å². The third-order valence-corrected chi connectivity index (χ3v) is 5.26. The summed E-state index contributed by atoms with van der Waals surface area (Å²) in [6.45, 7) is 2.77. The monoisotopic (exact) mass is 417 g/mol. The molecule has 0 radical (unpaired) electrons. The minimum Gasteiger partial charge on any atom is -0.496 e. The fourth-order valence-corrected chi connectivity index (χ4v) is 3.80. The Kier molecular flexibility index (Phi) is 6.99. The maximum Gasteiger partial charge on any atom is 0.283 e. The molecule has 0 aliphatic rings. The molecule has 0 bridgehead atoms. The number of amides is 1. The number of benzene rings is 1. The van der Waals surface area contributed by atoms with Crippen LogP contribution in [0.4, 0.5) is 0 Å². The van der Waals surface area contributed by atoms with Crippen molar-refractivity contribution in [1.82, 2.24) is 9.29 Å². The molecule has 2 rings (SSSR count). The molecule has 1 N–H and O–H groups in total. The van der Waals surface area contributed by atoms with Crippen molar-refractivity contribution in [2.45, 2.75) is 19.9 Å². The minimum absolute atomic E-state index is 0.288. The molecule has 0 unspecified atom stereocenters. The molecule has 1 heterocycles. The Hall–Kier alpha value is -1.68. The summed E-state index contributed by atoms with van der Waals surface area (Å²) in [5.41, 5.74) is 0.288. The van der Waals surface area contributed by atoms with E-state index < -0.39 is 15.9 Å². The number of hydrogen-bond acceptors (Lipinski definition) is 5. The zero-order valence-corrected chi connectivity index (χ0v) is 17.0. The second kappa shape index (κ2) is 8.81. The van der Waals surface area contributed by atoms with E-state index in [4.69, 9.17) is 16.3 Å². The average molecular weight is 418 g/mol. The third-order valence-electron chi connectivity index (χ3n) is 3.36. The van der Waals surface area contributed by atoms with Crippen molar-refractivity contribution in [2.24, 2.45) is 4.99 Å². The molecule has 0 aliphatic heterocycles. The van der Waals surface area contributed by atoms with Gasteiger partial charge >= 0.3 is 0 Å². The van der Waals surface area contributed by atoms with Gasteiger partial charge in [-0.2, -0.15) is 4.99 Å². The standard InChI is InChI=1S/C16H20ClN3O4S2/c1-11-10-20(8-4-7-18-26(3,22)23)16(25-11)19-15(21)13-9-12(17)5-6-14(13)24-2/h5-6,9-10,18H,4,7-8H2,1-3H3/b19-16-. The summed E-state index contributed by atoms with van der Waals surface area (Å²) in [7, 11) is -1.73. The first-order valence-corrected chi connectivity index (χ1v) is 10.8. The summed E-state index contributed by atoms with van der Waals surface area (Å²) in [5.74, 6) is -0.0467. The lowest BCUT2D eigenvalue weighted by atomic mass is 10.2. The molecule has 142 valence electrons. The van der Waals surface area contributed by atoms with Crippen LogP contribution in [0.15, 0.2) is 29.4 Å². The van der Waals surface area contributed by atoms with Gasteiger partial charge < -0.3 is 9.30 Å². The first-order chi connectivity index (χ1) is 12.2. The van der Waals surface area contributed by atoms with Crippen LogP contribution in [0, 0.1) is 6.92 Å². The van der Waals surface area contributed by atoms with Crippen molar-refractivity contribution < 1.29 is 17.9 Å². The van der Waals surface area contributed by atoms with Crippen LogP contribution in [0.3, 0.4) is 0 Å². The first-order valence-electron chi connectivity index (χ1n) is 7.73. The normalized spacial score (nSPS) is 12.4. The Morgan fingerprint density at radius 2 is 2.15 bits per heavy atom. The number of thiazole rings is 1. The highest BCUT2D eigenvalue weighted by Crippen LogP contribution is 2.23. The molecule has 1 aromatic heterocycles. The van der Waals surface area contributed by atoms with Gasteiger partial charge in [0.2, 0.25) is 10.0 Å². The number of carbonyl (C=O) groups excluding carboxylic acids is 1. The van der Waals surface area contributed by atoms with Crippen molar-refractivity contribution in [3.05, 3.63) is 44.7 Å². The van der Waals surface area contributed by atoms with Gasteiger partial charge in [-0.15, -0.1) is 11.3 Å². The van der Waals surface area contributed by atoms with Crippen molar-refractivity contribution in [3.63, 3.8) is 0 Å². The second-order valence-corrected chi connectivity index (χ2v) is 9.08. The number of aromatic nitrogens is 1. The van der Waals surface area contributed by atoms with Gasteiger partial charge in [-0.3, -0.25) is 4.79 Å². The molecule has 0 aliphatic carbocycles. The van der Waals surface area contributed by atoms with Crippen LogP contribution in [-0.4, -0.2) is 38.8 Å². The van der Waals surface area contributed by atoms with Crippen LogP contribution in [0.25, 0.3) is 0 Å². The second-order valence-electron chi connectivity index (χ2n) is 5.60. The highest BCUT2D eigenvalue weighted by molar-refractivity contribution is 7.88. The maximum absolute atomic E-state index is 12.6. The van der Waals surface area contributed by atoms with Crippen molar-refractivity contribution >= 4 is 38.9 Å². The van der Waals surface area contributed by atoms with Crippen molar-refractivity contribution in [2.75, 3.05) is 19.9 Å². The Bertz CT molecular complexity index is 964. The van der Waals surface area contributed by atoms with E-state index >= 15 is 0 Å². The third kappa shape index (κ3) is 5.94. The molecular weight excluding hydrogens is 398 g/mol. The van der Waals surface area contributed by atoms with Gasteiger partial charge in [-0.25, -0.2) is 13.1 Å². The Labute approximate surface area is 161 Å². The molecule has 2 aromatic rings. The summed E-state index contributed by atoms with van der Waals surface area (Å²) in [6.07, 6.45) is 3.57. The number of hydrogen-bond donors (Lipinski definition) is 1. The van der Waals surface area contributed by atoms with Crippen LogP contribution in [0.1, 0.15) is 21.7 Å². The number of rotatable bonds is 7. The van der Waals surface area contributed by atoms with Crippen LogP contribution in [-0.2, 0) is 16.6 Å². The Balaban J connectivity index is 2.23. The lowest BCUT2D eigenvalue weighted by molar-refractivity contribution is 0.0995. The first kappa shape index (κ1) is 20.6. The Morgan fingerprint density at radius 3 is 2.81 bits per heavy atom. The van der Waals surface area contributed by atoms with Gasteiger partial charge in [-0.1, -0.05) is 11.6 Å². The van der Waals surface area contributed by atoms with Crippen molar-refractivity contribution in [3.8, 4) is 5.75 Å². The lowest BCUT2D eigenvalue weighted by Gasteiger charge is -2.06. The molecule has 10 heteroatoms. The van der Waals surface area contributed by atoms with Crippen LogP contribution in [0.5, 0.6) is 5.75 Å². The zero-order valence-electron chi connectivity index (χ0n) is 14.7. The summed E-state index contributed by atoms with van der Waals surface area (Å²) < 4.78 is 31.7. The van der Waals surface area contributed by atoms with Gasteiger partial charge in [0.25, 0.3) is 5.91 Å². The molecule has 26 heavy (non-hydrogen) atoms. The molecule has 7 nitrogen and oxygen atoms in total. The number of halogens is 1. The van der Waals surface area contributed by atoms with E-state index in [0.717, 1.165) is 11.1 Å². The fraction of sp³-hybridized carbons (Fsp3) is 0.375. The van der Waals surface area contributed by atoms with Gasteiger partial charge in [0, 0.05) is 29.2 Å². The molecule has 0 fully saturated rings. The summed E-state index contributed by atoms with van der Waals surface area (Å²) in [6, 6.07) is 4.78. The number of ether oxygens (including phenoxy) is 1. The number of carbonyl (C=O) groups is 1. The van der Waals surface area contributed by atoms with Crippen LogP contribution < -0.4 is 14.3 Å². The number of methoxy groups -OCH3 is 1. The molecule has 0 saturated carbocycles. The summed E-state index contributed by atoms with van der Waals surface area (Å²) >= 11 is 7.35. The maximum atomic E-state index is 12.6. The predicted molar refractivity (Wildman–Crippen MR) is 102 cm³/mol. The number of nitrogens with zero attached hydrogens (tertiary/aromatic N) is 2. The van der Waals surface area contributed by atoms with Gasteiger partial charge in [0.1, 0.15) is 5.75 Å². The van der Waals surface area contributed by atoms with Gasteiger partial charge in [0.05, 0.1) is 18.9 Å². The summed E-state index contributed by atoms with van der Waals surface area (Å²) in [5, 5.41) is 0.423. The van der Waals surface area contributed by atoms with E-state index in [0.29, 0.717) is 35.1 Å². The minimum atomic E-state index is -3.21. The molecule has 1 aromatic carbocycles. The van der Waals surface area contributed by atoms with E-state index in [1.165, 1.54) is 24.5 Å². The SMILES string of the molecule is COc1ccc(Cl)cc1C(=O)/N=c1\sc(C)cn1CCCNS(C)(=O)=O. The van der Waals surface area contributed by atoms with E-state index in [2.05, 4.69) is 9.71 Å². The number of sulfonamides is 1. The highest BCUT2D eigenvalue weighted by atomic mass is 35.5. The van der Waals surface area contributed by atoms with Gasteiger partial charge in [0.15, 0.2) is 4.80 Å². The summed E-state index contributed by atoms with van der Waals surface area (Å²) in [4.78, 5) is 18.3. The molecule has 0 atom stereocenters. The zero-order chi connectivity index (χ0) is 19.3. The topological polar surface area (TPSA) is 89.8 Å². The van der Waals surface area contributed by atoms with E-state index in [1.54, 1.807) is 12.1 Å². The molecular formula is C16H20ClN3O4S2. The smallest absolute Gasteiger partial charge is 0.283 e. The van der Waals surface area contributed by atoms with Crippen LogP contribution in [0.2, 0.25) is 5.02 Å². The largest absolute Gasteiger partial charge is 0.496 e. The quantitative estimate of drug-likeness (QED) is 0.699. The molecule has 1 amide bonds. The lowest BCUT2D eigenvalue weighted by Crippen LogP contribution is -2.25. The molecule has 0 saturated heterocycles.